The molecule has 0 N–H and O–H groups in total. The highest BCUT2D eigenvalue weighted by Crippen LogP contribution is 2.42. The maximum absolute atomic E-state index is 11.5. The molecule has 0 bridgehead atoms. The third kappa shape index (κ3) is 6.44. The van der Waals surface area contributed by atoms with Gasteiger partial charge in [0.25, 0.3) is 0 Å². The van der Waals surface area contributed by atoms with Crippen molar-refractivity contribution in [3.05, 3.63) is 0 Å². The molecule has 1 saturated heterocycles. The largest absolute Gasteiger partial charge is 0.463 e. The van der Waals surface area contributed by atoms with Crippen LogP contribution in [0.3, 0.4) is 0 Å². The van der Waals surface area contributed by atoms with Crippen LogP contribution in [0.2, 0.25) is 0 Å². The minimum atomic E-state index is -1.81. The normalized spacial score (nSPS) is 31.6. The molecule has 0 saturated carbocycles. The molecule has 25 heavy (non-hydrogen) atoms. The molecule has 0 aromatic heterocycles. The summed E-state index contributed by atoms with van der Waals surface area (Å²) < 4.78 is 24.0. The summed E-state index contributed by atoms with van der Waals surface area (Å²) in [6, 6.07) is 0. The molecular weight excluding hydrogens is 428 g/mol. The maximum Gasteiger partial charge on any atom is 0.303 e. The van der Waals surface area contributed by atoms with Crippen LogP contribution in [0.4, 0.5) is 0 Å². The second-order valence-corrected chi connectivity index (χ2v) is 7.39. The van der Waals surface area contributed by atoms with Gasteiger partial charge in [0.05, 0.1) is 0 Å². The number of rotatable bonds is 5. The average Bonchev–Trinajstić information content (AvgIpc) is 2.42. The minimum Gasteiger partial charge on any atom is -0.463 e. The van der Waals surface area contributed by atoms with Crippen LogP contribution in [0.25, 0.3) is 0 Å². The fourth-order valence-electron chi connectivity index (χ4n) is 2.21. The van der Waals surface area contributed by atoms with Crippen LogP contribution in [0.1, 0.15) is 27.7 Å². The summed E-state index contributed by atoms with van der Waals surface area (Å²) in [5, 5.41) is 0. The molecular formula is C14H18BrClO9. The van der Waals surface area contributed by atoms with E-state index in [-0.39, 0.29) is 6.61 Å². The Morgan fingerprint density at radius 2 is 1.40 bits per heavy atom. The Bertz CT molecular complexity index is 550. The van der Waals surface area contributed by atoms with E-state index in [0.29, 0.717) is 0 Å². The lowest BCUT2D eigenvalue weighted by molar-refractivity contribution is -0.244. The van der Waals surface area contributed by atoms with Gasteiger partial charge in [-0.3, -0.25) is 19.2 Å². The number of alkyl halides is 2. The van der Waals surface area contributed by atoms with Gasteiger partial charge in [0, 0.05) is 27.7 Å². The maximum atomic E-state index is 11.5. The van der Waals surface area contributed by atoms with Crippen LogP contribution in [0, 0.1) is 0 Å². The van der Waals surface area contributed by atoms with E-state index in [1.54, 1.807) is 0 Å². The summed E-state index contributed by atoms with van der Waals surface area (Å²) in [7, 11) is 0. The molecule has 1 heterocycles. The molecule has 0 unspecified atom stereocenters. The topological polar surface area (TPSA) is 114 Å². The summed E-state index contributed by atoms with van der Waals surface area (Å²) in [5.41, 5.74) is 0. The molecule has 0 aromatic rings. The van der Waals surface area contributed by atoms with E-state index in [1.807, 2.05) is 0 Å². The van der Waals surface area contributed by atoms with E-state index >= 15 is 0 Å². The Labute approximate surface area is 157 Å². The van der Waals surface area contributed by atoms with Gasteiger partial charge in [-0.05, 0) is 15.9 Å². The number of carbonyl (C=O) groups is 4. The minimum absolute atomic E-state index is 0.335. The molecule has 1 fully saturated rings. The smallest absolute Gasteiger partial charge is 0.303 e. The number of hydrogen-bond donors (Lipinski definition) is 0. The van der Waals surface area contributed by atoms with Gasteiger partial charge in [0.15, 0.2) is 18.3 Å². The Morgan fingerprint density at radius 3 is 1.84 bits per heavy atom. The quantitative estimate of drug-likeness (QED) is 0.347. The van der Waals surface area contributed by atoms with Crippen LogP contribution in [0.5, 0.6) is 0 Å². The zero-order chi connectivity index (χ0) is 19.4. The first-order valence-electron chi connectivity index (χ1n) is 7.14. The first-order valence-corrected chi connectivity index (χ1v) is 8.31. The summed E-state index contributed by atoms with van der Waals surface area (Å²) in [6.45, 7) is 4.22. The third-order valence-corrected chi connectivity index (χ3v) is 3.92. The molecule has 0 spiro atoms. The van der Waals surface area contributed by atoms with Crippen LogP contribution in [-0.2, 0) is 42.9 Å². The predicted octanol–water partition coefficient (Wildman–Crippen LogP) is 1.03. The highest BCUT2D eigenvalue weighted by molar-refractivity contribution is 9.10. The van der Waals surface area contributed by atoms with Crippen molar-refractivity contribution in [1.29, 1.82) is 0 Å². The first-order chi connectivity index (χ1) is 11.4. The Kier molecular flexibility index (Phi) is 7.63. The summed E-state index contributed by atoms with van der Waals surface area (Å²) >= 11 is 9.27. The monoisotopic (exact) mass is 444 g/mol. The summed E-state index contributed by atoms with van der Waals surface area (Å²) in [4.78, 5) is 45.4. The van der Waals surface area contributed by atoms with Crippen LogP contribution < -0.4 is 0 Å². The fraction of sp³-hybridized carbons (Fsp3) is 0.714. The Morgan fingerprint density at radius 1 is 0.920 bits per heavy atom. The van der Waals surface area contributed by atoms with Gasteiger partial charge in [0.1, 0.15) is 12.7 Å². The SMILES string of the molecule is CC(=O)OC[C@H]1O[C@@](Cl)(Br)[C@H](OC(C)=O)[C@@H](OC(C)=O)[C@@H]1OC(C)=O. The molecule has 9 nitrogen and oxygen atoms in total. The predicted molar refractivity (Wildman–Crippen MR) is 85.7 cm³/mol. The van der Waals surface area contributed by atoms with E-state index in [2.05, 4.69) is 15.9 Å². The van der Waals surface area contributed by atoms with Crippen LogP contribution >= 0.6 is 27.5 Å². The number of carbonyl (C=O) groups excluding carboxylic acids is 4. The van der Waals surface area contributed by atoms with Crippen molar-refractivity contribution in [1.82, 2.24) is 0 Å². The van der Waals surface area contributed by atoms with Crippen molar-refractivity contribution in [2.45, 2.75) is 56.1 Å². The van der Waals surface area contributed by atoms with Crippen LogP contribution in [0.15, 0.2) is 0 Å². The van der Waals surface area contributed by atoms with Gasteiger partial charge in [-0.25, -0.2) is 0 Å². The van der Waals surface area contributed by atoms with E-state index in [0.717, 1.165) is 20.8 Å². The molecule has 1 aliphatic heterocycles. The third-order valence-electron chi connectivity index (χ3n) is 2.98. The first kappa shape index (κ1) is 21.7. The second kappa shape index (κ2) is 8.81. The van der Waals surface area contributed by atoms with Gasteiger partial charge in [-0.2, -0.15) is 0 Å². The highest BCUT2D eigenvalue weighted by Gasteiger charge is 2.58. The molecule has 142 valence electrons. The summed E-state index contributed by atoms with van der Waals surface area (Å²) in [6.07, 6.45) is -4.94. The molecule has 1 aliphatic rings. The number of esters is 4. The van der Waals surface area contributed by atoms with E-state index in [4.69, 9.17) is 35.3 Å². The molecule has 1 rings (SSSR count). The van der Waals surface area contributed by atoms with Crippen molar-refractivity contribution < 1.29 is 42.9 Å². The Balaban J connectivity index is 3.24. The van der Waals surface area contributed by atoms with E-state index in [9.17, 15) is 19.2 Å². The van der Waals surface area contributed by atoms with Crippen LogP contribution in [-0.4, -0.2) is 58.9 Å². The van der Waals surface area contributed by atoms with Gasteiger partial charge < -0.3 is 23.7 Å². The lowest BCUT2D eigenvalue weighted by Gasteiger charge is -2.46. The fourth-order valence-corrected chi connectivity index (χ4v) is 3.09. The van der Waals surface area contributed by atoms with Gasteiger partial charge in [-0.1, -0.05) is 11.6 Å². The molecule has 0 aromatic carbocycles. The number of ether oxygens (including phenoxy) is 5. The molecule has 0 radical (unpaired) electrons. The lowest BCUT2D eigenvalue weighted by atomic mass is 9.99. The molecule has 5 atom stereocenters. The van der Waals surface area contributed by atoms with Crippen molar-refractivity contribution in [3.8, 4) is 0 Å². The van der Waals surface area contributed by atoms with Gasteiger partial charge >= 0.3 is 23.9 Å². The lowest BCUT2D eigenvalue weighted by Crippen LogP contribution is -2.64. The van der Waals surface area contributed by atoms with Gasteiger partial charge in [0.2, 0.25) is 3.97 Å². The van der Waals surface area contributed by atoms with E-state index < -0.39 is 52.3 Å². The van der Waals surface area contributed by atoms with Crippen molar-refractivity contribution >= 4 is 51.4 Å². The number of halogens is 2. The zero-order valence-corrected chi connectivity index (χ0v) is 16.3. The summed E-state index contributed by atoms with van der Waals surface area (Å²) in [5.74, 6) is -2.77. The van der Waals surface area contributed by atoms with Crippen molar-refractivity contribution in [3.63, 3.8) is 0 Å². The second-order valence-electron chi connectivity index (χ2n) is 5.20. The molecule has 0 amide bonds. The van der Waals surface area contributed by atoms with Crippen molar-refractivity contribution in [2.75, 3.05) is 6.61 Å². The average molecular weight is 446 g/mol. The standard InChI is InChI=1S/C14H18BrClO9/c1-6(17)21-5-10-11(22-7(2)18)12(23-8(3)19)13(24-9(4)20)14(15,16)25-10/h10-13H,5H2,1-4H3/t10-,11-,12+,13-,14-/m1/s1. The zero-order valence-electron chi connectivity index (χ0n) is 13.9. The molecule has 0 aliphatic carbocycles. The highest BCUT2D eigenvalue weighted by atomic mass is 79.9. The number of hydrogen-bond acceptors (Lipinski definition) is 9. The van der Waals surface area contributed by atoms with E-state index in [1.165, 1.54) is 6.92 Å². The van der Waals surface area contributed by atoms with Crippen molar-refractivity contribution in [2.24, 2.45) is 0 Å². The Hall–Kier alpha value is -1.39. The molecule has 11 heteroatoms. The van der Waals surface area contributed by atoms with Gasteiger partial charge in [-0.15, -0.1) is 0 Å².